The highest BCUT2D eigenvalue weighted by Gasteiger charge is 2.21. The van der Waals surface area contributed by atoms with Gasteiger partial charge in [-0.3, -0.25) is 4.99 Å². The maximum absolute atomic E-state index is 4.32. The molecule has 2 atom stereocenters. The van der Waals surface area contributed by atoms with Gasteiger partial charge in [-0.05, 0) is 44.0 Å². The second-order valence-electron chi connectivity index (χ2n) is 5.52. The predicted molar refractivity (Wildman–Crippen MR) is 100 cm³/mol. The normalized spacial score (nSPS) is 27.4. The van der Waals surface area contributed by atoms with E-state index in [1.54, 1.807) is 0 Å². The Balaban J connectivity index is 0.00000200. The molecule has 2 unspecified atom stereocenters. The van der Waals surface area contributed by atoms with E-state index in [0.29, 0.717) is 0 Å². The zero-order valence-corrected chi connectivity index (χ0v) is 15.9. The van der Waals surface area contributed by atoms with Crippen LogP contribution in [0.3, 0.4) is 0 Å². The molecule has 2 aliphatic heterocycles. The van der Waals surface area contributed by atoms with Gasteiger partial charge in [0.15, 0.2) is 5.96 Å². The van der Waals surface area contributed by atoms with E-state index in [2.05, 4.69) is 39.2 Å². The van der Waals surface area contributed by atoms with E-state index >= 15 is 0 Å². The van der Waals surface area contributed by atoms with Crippen LogP contribution in [0.4, 0.5) is 0 Å². The third-order valence-electron chi connectivity index (χ3n) is 4.12. The number of thioether (sulfide) groups is 1. The summed E-state index contributed by atoms with van der Waals surface area (Å²) in [4.78, 5) is 6.85. The molecule has 0 aliphatic carbocycles. The van der Waals surface area contributed by atoms with Crippen LogP contribution in [-0.4, -0.2) is 61.6 Å². The molecule has 4 nitrogen and oxygen atoms in total. The highest BCUT2D eigenvalue weighted by molar-refractivity contribution is 14.0. The van der Waals surface area contributed by atoms with E-state index in [-0.39, 0.29) is 24.0 Å². The fourth-order valence-electron chi connectivity index (χ4n) is 2.84. The summed E-state index contributed by atoms with van der Waals surface area (Å²) in [7, 11) is 1.87. The van der Waals surface area contributed by atoms with Gasteiger partial charge in [-0.15, -0.1) is 24.0 Å². The number of guanidine groups is 1. The maximum Gasteiger partial charge on any atom is 0.191 e. The molecular formula is C14H29IN4S. The van der Waals surface area contributed by atoms with Crippen molar-refractivity contribution in [1.29, 1.82) is 0 Å². The van der Waals surface area contributed by atoms with Gasteiger partial charge < -0.3 is 15.5 Å². The lowest BCUT2D eigenvalue weighted by Gasteiger charge is -2.17. The van der Waals surface area contributed by atoms with E-state index in [4.69, 9.17) is 0 Å². The summed E-state index contributed by atoms with van der Waals surface area (Å²) < 4.78 is 0. The Morgan fingerprint density at radius 3 is 2.70 bits per heavy atom. The fraction of sp³-hybridized carbons (Fsp3) is 0.929. The first kappa shape index (κ1) is 18.4. The molecule has 2 rings (SSSR count). The molecule has 118 valence electrons. The van der Waals surface area contributed by atoms with Gasteiger partial charge in [-0.2, -0.15) is 11.8 Å². The Morgan fingerprint density at radius 1 is 1.30 bits per heavy atom. The zero-order valence-electron chi connectivity index (χ0n) is 12.7. The molecule has 0 radical (unpaired) electrons. The molecule has 2 heterocycles. The largest absolute Gasteiger partial charge is 0.356 e. The number of hydrogen-bond donors (Lipinski definition) is 2. The molecular weight excluding hydrogens is 383 g/mol. The van der Waals surface area contributed by atoms with Crippen LogP contribution in [0.15, 0.2) is 4.99 Å². The lowest BCUT2D eigenvalue weighted by Crippen LogP contribution is -2.42. The standard InChI is InChI=1S/C14H28N4S.HI/c1-3-18-7-6-12(11-18)9-16-14(15-2)17-10-13-5-4-8-19-13;/h12-13H,3-11H2,1-2H3,(H2,15,16,17);1H. The summed E-state index contributed by atoms with van der Waals surface area (Å²) in [6.07, 6.45) is 4.04. The molecule has 2 fully saturated rings. The van der Waals surface area contributed by atoms with Crippen molar-refractivity contribution in [1.82, 2.24) is 15.5 Å². The van der Waals surface area contributed by atoms with E-state index < -0.39 is 0 Å². The topological polar surface area (TPSA) is 39.7 Å². The first-order valence-electron chi connectivity index (χ1n) is 7.60. The lowest BCUT2D eigenvalue weighted by molar-refractivity contribution is 0.342. The molecule has 2 saturated heterocycles. The highest BCUT2D eigenvalue weighted by Crippen LogP contribution is 2.25. The summed E-state index contributed by atoms with van der Waals surface area (Å²) in [5.74, 6) is 3.08. The van der Waals surface area contributed by atoms with E-state index in [0.717, 1.165) is 30.2 Å². The molecule has 0 aromatic carbocycles. The van der Waals surface area contributed by atoms with Gasteiger partial charge in [-0.25, -0.2) is 0 Å². The first-order valence-corrected chi connectivity index (χ1v) is 8.65. The summed E-state index contributed by atoms with van der Waals surface area (Å²) in [6, 6.07) is 0. The Labute approximate surface area is 144 Å². The van der Waals surface area contributed by atoms with Crippen LogP contribution in [0.1, 0.15) is 26.2 Å². The average Bonchev–Trinajstić information content (AvgIpc) is 3.10. The number of nitrogens with zero attached hydrogens (tertiary/aromatic N) is 2. The number of hydrogen-bond acceptors (Lipinski definition) is 3. The Morgan fingerprint density at radius 2 is 2.10 bits per heavy atom. The number of aliphatic imine (C=N–C) groups is 1. The molecule has 2 N–H and O–H groups in total. The molecule has 20 heavy (non-hydrogen) atoms. The lowest BCUT2D eigenvalue weighted by atomic mass is 10.1. The fourth-order valence-corrected chi connectivity index (χ4v) is 4.05. The maximum atomic E-state index is 4.32. The van der Waals surface area contributed by atoms with Crippen LogP contribution in [-0.2, 0) is 0 Å². The van der Waals surface area contributed by atoms with Crippen molar-refractivity contribution in [3.8, 4) is 0 Å². The smallest absolute Gasteiger partial charge is 0.191 e. The van der Waals surface area contributed by atoms with Crippen molar-refractivity contribution in [2.75, 3.05) is 45.5 Å². The van der Waals surface area contributed by atoms with E-state index in [1.165, 1.54) is 44.6 Å². The molecule has 6 heteroatoms. The van der Waals surface area contributed by atoms with Gasteiger partial charge in [0.05, 0.1) is 0 Å². The summed E-state index contributed by atoms with van der Waals surface area (Å²) in [6.45, 7) is 8.02. The second kappa shape index (κ2) is 10.1. The second-order valence-corrected chi connectivity index (χ2v) is 6.93. The van der Waals surface area contributed by atoms with Crippen LogP contribution in [0.25, 0.3) is 0 Å². The monoisotopic (exact) mass is 412 g/mol. The van der Waals surface area contributed by atoms with Crippen LogP contribution in [0, 0.1) is 5.92 Å². The van der Waals surface area contributed by atoms with Gasteiger partial charge in [0.25, 0.3) is 0 Å². The van der Waals surface area contributed by atoms with Crippen molar-refractivity contribution in [3.05, 3.63) is 0 Å². The van der Waals surface area contributed by atoms with Gasteiger partial charge in [0.1, 0.15) is 0 Å². The van der Waals surface area contributed by atoms with Crippen LogP contribution < -0.4 is 10.6 Å². The first-order chi connectivity index (χ1) is 9.31. The molecule has 0 saturated carbocycles. The zero-order chi connectivity index (χ0) is 13.5. The average molecular weight is 412 g/mol. The number of nitrogens with one attached hydrogen (secondary N) is 2. The Bertz CT molecular complexity index is 295. The molecule has 0 spiro atoms. The predicted octanol–water partition coefficient (Wildman–Crippen LogP) is 2.01. The Kier molecular flexibility index (Phi) is 9.28. The SMILES string of the molecule is CCN1CCC(CNC(=NC)NCC2CCCS2)C1.I. The minimum absolute atomic E-state index is 0. The Hall–Kier alpha value is 0.310. The van der Waals surface area contributed by atoms with E-state index in [9.17, 15) is 0 Å². The third kappa shape index (κ3) is 5.97. The third-order valence-corrected chi connectivity index (χ3v) is 5.52. The minimum atomic E-state index is 0. The number of rotatable bonds is 5. The van der Waals surface area contributed by atoms with Crippen molar-refractivity contribution in [2.45, 2.75) is 31.4 Å². The highest BCUT2D eigenvalue weighted by atomic mass is 127. The van der Waals surface area contributed by atoms with Crippen LogP contribution >= 0.6 is 35.7 Å². The molecule has 0 aromatic rings. The molecule has 0 aromatic heterocycles. The summed E-state index contributed by atoms with van der Waals surface area (Å²) >= 11 is 2.09. The van der Waals surface area contributed by atoms with Crippen LogP contribution in [0.2, 0.25) is 0 Å². The van der Waals surface area contributed by atoms with Crippen molar-refractivity contribution >= 4 is 41.7 Å². The number of likely N-dealkylation sites (tertiary alicyclic amines) is 1. The van der Waals surface area contributed by atoms with Crippen molar-refractivity contribution in [2.24, 2.45) is 10.9 Å². The van der Waals surface area contributed by atoms with Crippen molar-refractivity contribution in [3.63, 3.8) is 0 Å². The van der Waals surface area contributed by atoms with Gasteiger partial charge in [-0.1, -0.05) is 6.92 Å². The van der Waals surface area contributed by atoms with Crippen molar-refractivity contribution < 1.29 is 0 Å². The minimum Gasteiger partial charge on any atom is -0.356 e. The summed E-state index contributed by atoms with van der Waals surface area (Å²) in [5, 5.41) is 7.73. The quantitative estimate of drug-likeness (QED) is 0.412. The number of halogens is 1. The van der Waals surface area contributed by atoms with Gasteiger partial charge >= 0.3 is 0 Å². The van der Waals surface area contributed by atoms with E-state index in [1.807, 2.05) is 7.05 Å². The molecule has 0 amide bonds. The summed E-state index contributed by atoms with van der Waals surface area (Å²) in [5.41, 5.74) is 0. The van der Waals surface area contributed by atoms with Crippen LogP contribution in [0.5, 0.6) is 0 Å². The van der Waals surface area contributed by atoms with Gasteiger partial charge in [0, 0.05) is 31.9 Å². The molecule has 0 bridgehead atoms. The van der Waals surface area contributed by atoms with Gasteiger partial charge in [0.2, 0.25) is 0 Å². The molecule has 2 aliphatic rings.